The van der Waals surface area contributed by atoms with E-state index in [4.69, 9.17) is 0 Å². The first kappa shape index (κ1) is 17.5. The van der Waals surface area contributed by atoms with Gasteiger partial charge in [-0.05, 0) is 25.0 Å². The lowest BCUT2D eigenvalue weighted by atomic mass is 10.2. The maximum Gasteiger partial charge on any atom is 0.257 e. The molecule has 1 atom stereocenters. The molecular formula is C20H23N5O2. The Bertz CT molecular complexity index is 929. The number of fused-ring (bicyclic) bond motifs is 1. The van der Waals surface area contributed by atoms with Gasteiger partial charge in [-0.3, -0.25) is 14.2 Å². The number of aliphatic hydroxyl groups is 1. The van der Waals surface area contributed by atoms with Crippen molar-refractivity contribution in [2.45, 2.75) is 39.1 Å². The zero-order valence-corrected chi connectivity index (χ0v) is 15.3. The van der Waals surface area contributed by atoms with E-state index in [9.17, 15) is 9.90 Å². The second-order valence-electron chi connectivity index (χ2n) is 6.95. The lowest BCUT2D eigenvalue weighted by Gasteiger charge is -2.19. The molecule has 1 aromatic carbocycles. The third-order valence-corrected chi connectivity index (χ3v) is 4.82. The zero-order valence-electron chi connectivity index (χ0n) is 15.3. The number of hydrogen-bond donors (Lipinski definition) is 1. The number of nitrogens with zero attached hydrogens (tertiary/aromatic N) is 5. The summed E-state index contributed by atoms with van der Waals surface area (Å²) in [6.07, 6.45) is 3.66. The van der Waals surface area contributed by atoms with Gasteiger partial charge in [-0.1, -0.05) is 30.3 Å². The number of aromatic nitrogens is 4. The van der Waals surface area contributed by atoms with Crippen LogP contribution < -0.4 is 0 Å². The molecule has 2 aromatic heterocycles. The molecule has 3 heterocycles. The molecule has 0 radical (unpaired) electrons. The molecule has 1 amide bonds. The molecule has 0 fully saturated rings. The number of amides is 1. The van der Waals surface area contributed by atoms with Gasteiger partial charge in [0.15, 0.2) is 0 Å². The number of carbonyl (C=O) groups excluding carboxylic acids is 1. The van der Waals surface area contributed by atoms with Crippen molar-refractivity contribution in [2.24, 2.45) is 0 Å². The third-order valence-electron chi connectivity index (χ3n) is 4.82. The fraction of sp³-hybridized carbons (Fsp3) is 0.350. The summed E-state index contributed by atoms with van der Waals surface area (Å²) in [6.45, 7) is 4.25. The molecule has 0 saturated heterocycles. The highest BCUT2D eigenvalue weighted by Crippen LogP contribution is 2.19. The van der Waals surface area contributed by atoms with Crippen molar-refractivity contribution in [2.75, 3.05) is 6.54 Å². The lowest BCUT2D eigenvalue weighted by molar-refractivity contribution is 0.0745. The quantitative estimate of drug-likeness (QED) is 0.769. The van der Waals surface area contributed by atoms with Gasteiger partial charge < -0.3 is 10.0 Å². The maximum absolute atomic E-state index is 13.0. The summed E-state index contributed by atoms with van der Waals surface area (Å²) in [7, 11) is 0. The molecule has 140 valence electrons. The van der Waals surface area contributed by atoms with Crippen molar-refractivity contribution in [1.82, 2.24) is 24.5 Å². The number of rotatable bonds is 4. The van der Waals surface area contributed by atoms with Crippen LogP contribution in [-0.2, 0) is 19.6 Å². The Morgan fingerprint density at radius 3 is 2.85 bits per heavy atom. The predicted molar refractivity (Wildman–Crippen MR) is 100.0 cm³/mol. The summed E-state index contributed by atoms with van der Waals surface area (Å²) in [4.78, 5) is 14.8. The minimum atomic E-state index is -0.607. The van der Waals surface area contributed by atoms with Crippen molar-refractivity contribution >= 4 is 5.91 Å². The first-order valence-corrected chi connectivity index (χ1v) is 9.20. The number of carbonyl (C=O) groups is 1. The number of hydrogen-bond acceptors (Lipinski definition) is 4. The van der Waals surface area contributed by atoms with Crippen LogP contribution in [0, 0.1) is 0 Å². The van der Waals surface area contributed by atoms with Crippen LogP contribution in [-0.4, -0.2) is 42.0 Å². The van der Waals surface area contributed by atoms with E-state index in [1.54, 1.807) is 24.0 Å². The van der Waals surface area contributed by atoms with Crippen LogP contribution in [0.2, 0.25) is 0 Å². The fourth-order valence-corrected chi connectivity index (χ4v) is 3.38. The predicted octanol–water partition coefficient (Wildman–Crippen LogP) is 2.23. The summed E-state index contributed by atoms with van der Waals surface area (Å²) < 4.78 is 3.68. The van der Waals surface area contributed by atoms with Crippen LogP contribution in [0.5, 0.6) is 0 Å². The summed E-state index contributed by atoms with van der Waals surface area (Å²) in [5.74, 6) is -0.0254. The Balaban J connectivity index is 1.49. The molecular weight excluding hydrogens is 342 g/mol. The van der Waals surface area contributed by atoms with Gasteiger partial charge in [0.05, 0.1) is 42.3 Å². The number of benzene rings is 1. The van der Waals surface area contributed by atoms with E-state index in [-0.39, 0.29) is 5.91 Å². The van der Waals surface area contributed by atoms with Crippen LogP contribution in [0.3, 0.4) is 0 Å². The minimum Gasteiger partial charge on any atom is -0.387 e. The average Bonchev–Trinajstić information content (AvgIpc) is 3.24. The van der Waals surface area contributed by atoms with Gasteiger partial charge in [-0.15, -0.1) is 0 Å². The number of aliphatic hydroxyl groups excluding tert-OH is 1. The molecule has 7 heteroatoms. The van der Waals surface area contributed by atoms with E-state index in [1.807, 2.05) is 46.0 Å². The molecule has 0 aliphatic carbocycles. The molecule has 3 aromatic rings. The van der Waals surface area contributed by atoms with Gasteiger partial charge in [0.25, 0.3) is 5.91 Å². The monoisotopic (exact) mass is 365 g/mol. The molecule has 0 saturated carbocycles. The molecule has 1 unspecified atom stereocenters. The third kappa shape index (κ3) is 3.78. The number of aryl methyl sites for hydroxylation is 1. The Morgan fingerprint density at radius 2 is 2.07 bits per heavy atom. The van der Waals surface area contributed by atoms with Crippen LogP contribution in [0.4, 0.5) is 0 Å². The van der Waals surface area contributed by atoms with E-state index < -0.39 is 6.10 Å². The molecule has 0 bridgehead atoms. The summed E-state index contributed by atoms with van der Waals surface area (Å²) in [6, 6.07) is 11.9. The smallest absolute Gasteiger partial charge is 0.257 e. The van der Waals surface area contributed by atoms with E-state index in [0.29, 0.717) is 30.9 Å². The highest BCUT2D eigenvalue weighted by molar-refractivity contribution is 5.93. The molecule has 1 aliphatic rings. The van der Waals surface area contributed by atoms with Crippen LogP contribution in [0.25, 0.3) is 0 Å². The Hall–Kier alpha value is -2.93. The van der Waals surface area contributed by atoms with Crippen LogP contribution >= 0.6 is 0 Å². The summed E-state index contributed by atoms with van der Waals surface area (Å²) >= 11 is 0. The fourth-order valence-electron chi connectivity index (χ4n) is 3.38. The van der Waals surface area contributed by atoms with Crippen molar-refractivity contribution in [3.05, 3.63) is 71.3 Å². The highest BCUT2D eigenvalue weighted by atomic mass is 16.3. The average molecular weight is 365 g/mol. The minimum absolute atomic E-state index is 0.0254. The van der Waals surface area contributed by atoms with Crippen molar-refractivity contribution in [1.29, 1.82) is 0 Å². The van der Waals surface area contributed by atoms with Gasteiger partial charge in [-0.25, -0.2) is 0 Å². The normalized spacial score (nSPS) is 15.3. The van der Waals surface area contributed by atoms with Gasteiger partial charge in [0.2, 0.25) is 0 Å². The van der Waals surface area contributed by atoms with Crippen molar-refractivity contribution in [3.8, 4) is 0 Å². The van der Waals surface area contributed by atoms with E-state index in [1.165, 1.54) is 0 Å². The topological polar surface area (TPSA) is 76.2 Å². The van der Waals surface area contributed by atoms with E-state index in [2.05, 4.69) is 10.2 Å². The molecule has 4 rings (SSSR count). The van der Waals surface area contributed by atoms with Crippen molar-refractivity contribution < 1.29 is 9.90 Å². The molecule has 1 aliphatic heterocycles. The first-order chi connectivity index (χ1) is 13.1. The van der Waals surface area contributed by atoms with Gasteiger partial charge in [0.1, 0.15) is 0 Å². The van der Waals surface area contributed by atoms with Crippen LogP contribution in [0.1, 0.15) is 46.8 Å². The molecule has 0 spiro atoms. The second kappa shape index (κ2) is 7.36. The van der Waals surface area contributed by atoms with Gasteiger partial charge >= 0.3 is 0 Å². The van der Waals surface area contributed by atoms with Gasteiger partial charge in [0, 0.05) is 19.3 Å². The standard InChI is InChI=1S/C20H23N5O2/c1-15(26)19-10-18-14-23(8-5-9-25(18)22-19)20(27)17-11-21-24(13-17)12-16-6-3-2-4-7-16/h2-4,6-7,10-11,13,15,26H,5,8-9,12,14H2,1H3. The van der Waals surface area contributed by atoms with Crippen LogP contribution in [0.15, 0.2) is 48.8 Å². The molecule has 7 nitrogen and oxygen atoms in total. The lowest BCUT2D eigenvalue weighted by Crippen LogP contribution is -2.30. The molecule has 1 N–H and O–H groups in total. The summed E-state index contributed by atoms with van der Waals surface area (Å²) in [5.41, 5.74) is 3.34. The van der Waals surface area contributed by atoms with Crippen molar-refractivity contribution in [3.63, 3.8) is 0 Å². The Kier molecular flexibility index (Phi) is 4.77. The second-order valence-corrected chi connectivity index (χ2v) is 6.95. The summed E-state index contributed by atoms with van der Waals surface area (Å²) in [5, 5.41) is 18.5. The largest absolute Gasteiger partial charge is 0.387 e. The maximum atomic E-state index is 13.0. The van der Waals surface area contributed by atoms with E-state index >= 15 is 0 Å². The Labute approximate surface area is 157 Å². The zero-order chi connectivity index (χ0) is 18.8. The molecule has 27 heavy (non-hydrogen) atoms. The highest BCUT2D eigenvalue weighted by Gasteiger charge is 2.23. The first-order valence-electron chi connectivity index (χ1n) is 9.20. The Morgan fingerprint density at radius 1 is 1.26 bits per heavy atom. The van der Waals surface area contributed by atoms with E-state index in [0.717, 1.165) is 24.2 Å². The SMILES string of the molecule is CC(O)c1cc2n(n1)CCCN(C(=O)c1cnn(Cc3ccccc3)c1)C2. The van der Waals surface area contributed by atoms with Gasteiger partial charge in [-0.2, -0.15) is 10.2 Å².